The molecule has 2 unspecified atom stereocenters. The predicted molar refractivity (Wildman–Crippen MR) is 76.1 cm³/mol. The summed E-state index contributed by atoms with van der Waals surface area (Å²) < 4.78 is 0. The van der Waals surface area contributed by atoms with Crippen LogP contribution in [0, 0.1) is 0 Å². The Morgan fingerprint density at radius 2 is 2.44 bits per heavy atom. The van der Waals surface area contributed by atoms with Gasteiger partial charge in [0.05, 0.1) is 23.2 Å². The number of alkyl halides is 1. The van der Waals surface area contributed by atoms with Crippen LogP contribution in [0.4, 0.5) is 0 Å². The summed E-state index contributed by atoms with van der Waals surface area (Å²) in [5.74, 6) is 0.477. The lowest BCUT2D eigenvalue weighted by Gasteiger charge is -2.40. The third-order valence-corrected chi connectivity index (χ3v) is 4.79. The van der Waals surface area contributed by atoms with Gasteiger partial charge in [-0.05, 0) is 32.7 Å². The molecule has 0 spiro atoms. The summed E-state index contributed by atoms with van der Waals surface area (Å²) in [5.41, 5.74) is 0.400. The Labute approximate surface area is 118 Å². The zero-order valence-electron chi connectivity index (χ0n) is 11.0. The molecule has 0 bridgehead atoms. The summed E-state index contributed by atoms with van der Waals surface area (Å²) in [5, 5.41) is 13.4. The van der Waals surface area contributed by atoms with E-state index in [1.165, 1.54) is 0 Å². The van der Waals surface area contributed by atoms with E-state index in [1.54, 1.807) is 11.3 Å². The number of rotatable bonds is 4. The Morgan fingerprint density at radius 1 is 1.67 bits per heavy atom. The van der Waals surface area contributed by atoms with Crippen LogP contribution in [0.5, 0.6) is 0 Å². The molecule has 1 saturated heterocycles. The number of likely N-dealkylation sites (tertiary alicyclic amines) is 1. The maximum atomic E-state index is 10.2. The van der Waals surface area contributed by atoms with Crippen molar-refractivity contribution in [1.82, 2.24) is 9.88 Å². The van der Waals surface area contributed by atoms with Crippen molar-refractivity contribution in [2.75, 3.05) is 13.1 Å². The fraction of sp³-hybridized carbons (Fsp3) is 0.769. The van der Waals surface area contributed by atoms with Gasteiger partial charge in [-0.3, -0.25) is 4.90 Å². The zero-order valence-corrected chi connectivity index (χ0v) is 12.6. The van der Waals surface area contributed by atoms with E-state index in [1.807, 2.05) is 12.3 Å². The molecule has 1 aromatic heterocycles. The minimum absolute atomic E-state index is 0.318. The van der Waals surface area contributed by atoms with Crippen LogP contribution in [0.25, 0.3) is 0 Å². The number of piperidine rings is 1. The van der Waals surface area contributed by atoms with Crippen molar-refractivity contribution in [3.05, 3.63) is 16.1 Å². The van der Waals surface area contributed by atoms with Gasteiger partial charge in [-0.25, -0.2) is 4.98 Å². The molecule has 102 valence electrons. The van der Waals surface area contributed by atoms with E-state index in [0.29, 0.717) is 11.9 Å². The van der Waals surface area contributed by atoms with E-state index in [2.05, 4.69) is 16.8 Å². The lowest BCUT2D eigenvalue weighted by Crippen LogP contribution is -2.47. The van der Waals surface area contributed by atoms with Gasteiger partial charge in [0, 0.05) is 11.9 Å². The first kappa shape index (κ1) is 14.3. The van der Waals surface area contributed by atoms with Gasteiger partial charge in [0.15, 0.2) is 0 Å². The van der Waals surface area contributed by atoms with Gasteiger partial charge < -0.3 is 5.11 Å². The Morgan fingerprint density at radius 3 is 3.00 bits per heavy atom. The van der Waals surface area contributed by atoms with Gasteiger partial charge in [-0.2, -0.15) is 0 Å². The highest BCUT2D eigenvalue weighted by atomic mass is 35.5. The van der Waals surface area contributed by atoms with Crippen LogP contribution in [0.3, 0.4) is 0 Å². The third-order valence-electron chi connectivity index (χ3n) is 3.52. The maximum absolute atomic E-state index is 10.2. The van der Waals surface area contributed by atoms with E-state index in [-0.39, 0.29) is 0 Å². The Hall–Kier alpha value is -0.160. The second-order valence-electron chi connectivity index (χ2n) is 5.31. The Balaban J connectivity index is 2.12. The summed E-state index contributed by atoms with van der Waals surface area (Å²) in [6.45, 7) is 5.89. The first-order chi connectivity index (χ1) is 8.55. The number of aliphatic hydroxyl groups is 1. The molecule has 2 rings (SSSR count). The molecular formula is C13H21ClN2OS. The number of hydrogen-bond acceptors (Lipinski definition) is 4. The summed E-state index contributed by atoms with van der Waals surface area (Å²) >= 11 is 7.49. The number of thiazole rings is 1. The summed E-state index contributed by atoms with van der Waals surface area (Å²) in [4.78, 5) is 6.95. The van der Waals surface area contributed by atoms with Gasteiger partial charge in [0.2, 0.25) is 0 Å². The van der Waals surface area contributed by atoms with Crippen LogP contribution < -0.4 is 0 Å². The number of halogens is 1. The van der Waals surface area contributed by atoms with E-state index in [4.69, 9.17) is 11.6 Å². The van der Waals surface area contributed by atoms with Gasteiger partial charge in [0.1, 0.15) is 5.01 Å². The molecule has 0 saturated carbocycles. The van der Waals surface area contributed by atoms with Crippen LogP contribution in [0.1, 0.15) is 49.9 Å². The minimum Gasteiger partial charge on any atom is -0.389 e. The molecule has 2 heterocycles. The molecule has 3 nitrogen and oxygen atoms in total. The summed E-state index contributed by atoms with van der Waals surface area (Å²) in [6.07, 6.45) is 2.97. The van der Waals surface area contributed by atoms with Crippen molar-refractivity contribution < 1.29 is 5.11 Å². The monoisotopic (exact) mass is 288 g/mol. The van der Waals surface area contributed by atoms with Crippen molar-refractivity contribution in [2.45, 2.75) is 50.6 Å². The summed E-state index contributed by atoms with van der Waals surface area (Å²) in [7, 11) is 0. The quantitative estimate of drug-likeness (QED) is 0.865. The Bertz CT molecular complexity index is 394. The van der Waals surface area contributed by atoms with E-state index < -0.39 is 5.60 Å². The van der Waals surface area contributed by atoms with E-state index in [9.17, 15) is 5.11 Å². The van der Waals surface area contributed by atoms with Crippen LogP contribution in [-0.2, 0) is 5.88 Å². The Kier molecular flexibility index (Phi) is 4.64. The lowest BCUT2D eigenvalue weighted by atomic mass is 9.93. The molecular weight excluding hydrogens is 268 g/mol. The number of nitrogens with zero attached hydrogens (tertiary/aromatic N) is 2. The fourth-order valence-corrected chi connectivity index (χ4v) is 3.91. The molecule has 0 radical (unpaired) electrons. The maximum Gasteiger partial charge on any atom is 0.110 e. The zero-order chi connectivity index (χ0) is 13.2. The highest BCUT2D eigenvalue weighted by molar-refractivity contribution is 7.09. The standard InChI is InChI=1S/C13H21ClN2OS/c1-3-11(12-15-10(7-14)8-18-12)16-6-4-5-13(2,17)9-16/h8,11,17H,3-7,9H2,1-2H3. The highest BCUT2D eigenvalue weighted by Gasteiger charge is 2.33. The number of aromatic nitrogens is 1. The van der Waals surface area contributed by atoms with Crippen LogP contribution in [0.15, 0.2) is 5.38 Å². The normalized spacial score (nSPS) is 27.3. The molecule has 1 aliphatic rings. The third kappa shape index (κ3) is 3.23. The van der Waals surface area contributed by atoms with Gasteiger partial charge in [-0.1, -0.05) is 6.92 Å². The number of β-amino-alcohol motifs (C(OH)–C–C–N with tert-alkyl or cyclic N) is 1. The molecule has 0 amide bonds. The van der Waals surface area contributed by atoms with Crippen LogP contribution >= 0.6 is 22.9 Å². The molecule has 1 N–H and O–H groups in total. The molecule has 0 aliphatic carbocycles. The van der Waals surface area contributed by atoms with Crippen LogP contribution in [0.2, 0.25) is 0 Å². The molecule has 18 heavy (non-hydrogen) atoms. The fourth-order valence-electron chi connectivity index (χ4n) is 2.65. The smallest absolute Gasteiger partial charge is 0.110 e. The van der Waals surface area contributed by atoms with E-state index in [0.717, 1.165) is 43.1 Å². The molecule has 1 aromatic rings. The van der Waals surface area contributed by atoms with Crippen molar-refractivity contribution >= 4 is 22.9 Å². The molecule has 1 aliphatic heterocycles. The topological polar surface area (TPSA) is 36.4 Å². The lowest BCUT2D eigenvalue weighted by molar-refractivity contribution is -0.0311. The first-order valence-corrected chi connectivity index (χ1v) is 7.94. The minimum atomic E-state index is -0.557. The summed E-state index contributed by atoms with van der Waals surface area (Å²) in [6, 6.07) is 0.318. The van der Waals surface area contributed by atoms with Gasteiger partial charge in [0.25, 0.3) is 0 Å². The average molecular weight is 289 g/mol. The average Bonchev–Trinajstić information content (AvgIpc) is 2.77. The van der Waals surface area contributed by atoms with Crippen molar-refractivity contribution in [3.63, 3.8) is 0 Å². The molecule has 5 heteroatoms. The molecule has 1 fully saturated rings. The number of hydrogen-bond donors (Lipinski definition) is 1. The predicted octanol–water partition coefficient (Wildman–Crippen LogP) is 3.18. The van der Waals surface area contributed by atoms with Crippen molar-refractivity contribution in [3.8, 4) is 0 Å². The largest absolute Gasteiger partial charge is 0.389 e. The second kappa shape index (κ2) is 5.87. The van der Waals surface area contributed by atoms with Crippen molar-refractivity contribution in [1.29, 1.82) is 0 Å². The molecule has 2 atom stereocenters. The van der Waals surface area contributed by atoms with Gasteiger partial charge >= 0.3 is 0 Å². The van der Waals surface area contributed by atoms with Crippen LogP contribution in [-0.4, -0.2) is 33.7 Å². The van der Waals surface area contributed by atoms with E-state index >= 15 is 0 Å². The highest BCUT2D eigenvalue weighted by Crippen LogP contribution is 2.32. The first-order valence-electron chi connectivity index (χ1n) is 6.52. The molecule has 0 aromatic carbocycles. The van der Waals surface area contributed by atoms with Gasteiger partial charge in [-0.15, -0.1) is 22.9 Å². The SMILES string of the molecule is CCC(c1nc(CCl)cs1)N1CCCC(C)(O)C1. The van der Waals surface area contributed by atoms with Crippen molar-refractivity contribution in [2.24, 2.45) is 0 Å². The second-order valence-corrected chi connectivity index (χ2v) is 6.46.